The molecule has 1 fully saturated rings. The van der Waals surface area contributed by atoms with Gasteiger partial charge in [0.2, 0.25) is 5.91 Å². The fourth-order valence-electron chi connectivity index (χ4n) is 5.04. The van der Waals surface area contributed by atoms with Crippen LogP contribution in [0, 0.1) is 5.41 Å². The van der Waals surface area contributed by atoms with Crippen LogP contribution in [-0.2, 0) is 4.79 Å². The first-order valence-electron chi connectivity index (χ1n) is 11.2. The molecule has 2 atom stereocenters. The van der Waals surface area contributed by atoms with E-state index in [4.69, 9.17) is 0 Å². The van der Waals surface area contributed by atoms with Crippen LogP contribution in [0.4, 0.5) is 0 Å². The lowest BCUT2D eigenvalue weighted by molar-refractivity contribution is -0.135. The first-order valence-corrected chi connectivity index (χ1v) is 12.0. The van der Waals surface area contributed by atoms with E-state index < -0.39 is 5.41 Å². The summed E-state index contributed by atoms with van der Waals surface area (Å²) in [4.78, 5) is 18.9. The number of carbonyl (C=O) groups is 1. The number of thiazole rings is 1. The van der Waals surface area contributed by atoms with E-state index in [0.717, 1.165) is 58.5 Å². The Balaban J connectivity index is 1.43. The Hall–Kier alpha value is -3.03. The highest BCUT2D eigenvalue weighted by atomic mass is 32.1. The van der Waals surface area contributed by atoms with Crippen molar-refractivity contribution in [3.05, 3.63) is 72.1 Å². The summed E-state index contributed by atoms with van der Waals surface area (Å²) in [5.74, 6) is -0.0121. The molecule has 2 N–H and O–H groups in total. The zero-order valence-corrected chi connectivity index (χ0v) is 18.9. The van der Waals surface area contributed by atoms with Crippen LogP contribution < -0.4 is 10.7 Å². The molecule has 7 heteroatoms. The number of fused-ring (bicyclic) bond motifs is 3. The van der Waals surface area contributed by atoms with Gasteiger partial charge < -0.3 is 5.32 Å². The second kappa shape index (κ2) is 8.84. The van der Waals surface area contributed by atoms with E-state index in [9.17, 15) is 4.79 Å². The number of nitrogens with one attached hydrogen (secondary N) is 2. The van der Waals surface area contributed by atoms with E-state index in [-0.39, 0.29) is 11.9 Å². The summed E-state index contributed by atoms with van der Waals surface area (Å²) in [5, 5.41) is 8.03. The zero-order valence-electron chi connectivity index (χ0n) is 18.1. The van der Waals surface area contributed by atoms with Gasteiger partial charge in [0, 0.05) is 24.0 Å². The number of nitrogens with zero attached hydrogens (tertiary/aromatic N) is 3. The molecule has 1 saturated heterocycles. The molecule has 1 amide bonds. The molecule has 0 saturated carbocycles. The molecule has 164 valence electrons. The number of imidazole rings is 1. The zero-order chi connectivity index (χ0) is 22.0. The molecule has 6 nitrogen and oxygen atoms in total. The van der Waals surface area contributed by atoms with Gasteiger partial charge in [-0.05, 0) is 37.4 Å². The van der Waals surface area contributed by atoms with Gasteiger partial charge in [0.05, 0.1) is 21.8 Å². The lowest BCUT2D eigenvalue weighted by Gasteiger charge is -2.43. The van der Waals surface area contributed by atoms with Crippen LogP contribution in [0.15, 0.2) is 66.0 Å². The smallest absolute Gasteiger partial charge is 0.248 e. The minimum atomic E-state index is -0.516. The highest BCUT2D eigenvalue weighted by Gasteiger charge is 2.46. The van der Waals surface area contributed by atoms with Crippen molar-refractivity contribution < 1.29 is 4.79 Å². The van der Waals surface area contributed by atoms with Gasteiger partial charge in [-0.2, -0.15) is 5.10 Å². The third-order valence-electron chi connectivity index (χ3n) is 6.43. The molecule has 2 aromatic heterocycles. The quantitative estimate of drug-likeness (QED) is 0.327. The largest absolute Gasteiger partial charge is 0.309 e. The lowest BCUT2D eigenvalue weighted by Crippen LogP contribution is -2.51. The van der Waals surface area contributed by atoms with Gasteiger partial charge in [-0.3, -0.25) is 9.20 Å². The highest BCUT2D eigenvalue weighted by molar-refractivity contribution is 7.23. The van der Waals surface area contributed by atoms with E-state index in [1.54, 1.807) is 23.7 Å². The summed E-state index contributed by atoms with van der Waals surface area (Å²) in [6.07, 6.45) is 9.09. The van der Waals surface area contributed by atoms with Crippen molar-refractivity contribution in [2.24, 2.45) is 10.5 Å². The van der Waals surface area contributed by atoms with Crippen molar-refractivity contribution in [3.8, 4) is 0 Å². The number of rotatable bonds is 6. The summed E-state index contributed by atoms with van der Waals surface area (Å²) in [5.41, 5.74) is 5.55. The Labute approximate surface area is 191 Å². The number of benzene rings is 2. The predicted molar refractivity (Wildman–Crippen MR) is 130 cm³/mol. The number of carbonyl (C=O) groups excluding carboxylic acids is 1. The van der Waals surface area contributed by atoms with Crippen molar-refractivity contribution in [1.29, 1.82) is 0 Å². The predicted octanol–water partition coefficient (Wildman–Crippen LogP) is 4.91. The SMILES string of the molecule is CCCC1(C(=O)NN=Cc2cccc3sc4nccn4c23)CCCNC1c1ccccc1. The first kappa shape index (κ1) is 20.8. The molecule has 2 unspecified atom stereocenters. The maximum Gasteiger partial charge on any atom is 0.248 e. The van der Waals surface area contributed by atoms with Crippen LogP contribution in [0.1, 0.15) is 49.8 Å². The summed E-state index contributed by atoms with van der Waals surface area (Å²) < 4.78 is 3.21. The van der Waals surface area contributed by atoms with Gasteiger partial charge in [0.15, 0.2) is 4.96 Å². The van der Waals surface area contributed by atoms with Gasteiger partial charge in [-0.1, -0.05) is 67.1 Å². The van der Waals surface area contributed by atoms with Crippen molar-refractivity contribution in [2.75, 3.05) is 6.54 Å². The number of hydrogen-bond acceptors (Lipinski definition) is 5. The minimum Gasteiger partial charge on any atom is -0.309 e. The van der Waals surface area contributed by atoms with Gasteiger partial charge in [0.1, 0.15) is 0 Å². The van der Waals surface area contributed by atoms with Crippen LogP contribution in [0.3, 0.4) is 0 Å². The molecule has 2 aromatic carbocycles. The summed E-state index contributed by atoms with van der Waals surface area (Å²) >= 11 is 1.64. The second-order valence-corrected chi connectivity index (χ2v) is 9.39. The van der Waals surface area contributed by atoms with Gasteiger partial charge in [-0.15, -0.1) is 0 Å². The number of hydrazone groups is 1. The normalized spacial score (nSPS) is 21.5. The Bertz CT molecular complexity index is 1260. The molecule has 1 aliphatic heterocycles. The molecule has 4 aromatic rings. The average Bonchev–Trinajstić information content (AvgIpc) is 3.41. The molecule has 0 aliphatic carbocycles. The molecule has 1 aliphatic rings. The monoisotopic (exact) mass is 445 g/mol. The fourth-order valence-corrected chi connectivity index (χ4v) is 6.06. The average molecular weight is 446 g/mol. The Kier molecular flexibility index (Phi) is 5.76. The van der Waals surface area contributed by atoms with Crippen molar-refractivity contribution in [1.82, 2.24) is 20.1 Å². The maximum atomic E-state index is 13.6. The standard InChI is InChI=1S/C25H27N5OS/c1-2-12-25(13-7-14-26-22(25)18-8-4-3-5-9-18)23(31)29-28-17-19-10-6-11-20-21(19)30-16-15-27-24(30)32-20/h3-6,8-11,15-17,22,26H,2,7,12-14H2,1H3,(H,29,31). The van der Waals surface area contributed by atoms with Crippen LogP contribution in [0.25, 0.3) is 15.2 Å². The van der Waals surface area contributed by atoms with Crippen LogP contribution in [0.2, 0.25) is 0 Å². The summed E-state index contributed by atoms with van der Waals surface area (Å²) in [7, 11) is 0. The lowest BCUT2D eigenvalue weighted by atomic mass is 9.68. The van der Waals surface area contributed by atoms with Crippen molar-refractivity contribution in [2.45, 2.75) is 38.6 Å². The first-order chi connectivity index (χ1) is 15.7. The molecule has 3 heterocycles. The third kappa shape index (κ3) is 3.61. The number of aromatic nitrogens is 2. The Morgan fingerprint density at radius 3 is 3.03 bits per heavy atom. The van der Waals surface area contributed by atoms with E-state index in [0.29, 0.717) is 0 Å². The topological polar surface area (TPSA) is 70.8 Å². The van der Waals surface area contributed by atoms with E-state index in [2.05, 4.69) is 50.4 Å². The third-order valence-corrected chi connectivity index (χ3v) is 7.46. The number of amides is 1. The highest BCUT2D eigenvalue weighted by Crippen LogP contribution is 2.45. The van der Waals surface area contributed by atoms with E-state index >= 15 is 0 Å². The number of para-hydroxylation sites is 1. The van der Waals surface area contributed by atoms with Gasteiger partial charge >= 0.3 is 0 Å². The van der Waals surface area contributed by atoms with Crippen molar-refractivity contribution in [3.63, 3.8) is 0 Å². The van der Waals surface area contributed by atoms with E-state index in [1.807, 2.05) is 36.5 Å². The Morgan fingerprint density at radius 2 is 2.19 bits per heavy atom. The van der Waals surface area contributed by atoms with Crippen LogP contribution in [0.5, 0.6) is 0 Å². The molecular weight excluding hydrogens is 418 g/mol. The second-order valence-electron chi connectivity index (χ2n) is 8.38. The molecule has 32 heavy (non-hydrogen) atoms. The number of piperidine rings is 1. The maximum absolute atomic E-state index is 13.6. The van der Waals surface area contributed by atoms with E-state index in [1.165, 1.54) is 0 Å². The van der Waals surface area contributed by atoms with Crippen LogP contribution >= 0.6 is 11.3 Å². The Morgan fingerprint density at radius 1 is 1.31 bits per heavy atom. The minimum absolute atomic E-state index is 0.0121. The van der Waals surface area contributed by atoms with Crippen molar-refractivity contribution >= 4 is 38.6 Å². The molecule has 5 rings (SSSR count). The van der Waals surface area contributed by atoms with Crippen LogP contribution in [-0.4, -0.2) is 28.1 Å². The fraction of sp³-hybridized carbons (Fsp3) is 0.320. The molecule has 0 radical (unpaired) electrons. The summed E-state index contributed by atoms with van der Waals surface area (Å²) in [6.45, 7) is 3.06. The summed E-state index contributed by atoms with van der Waals surface area (Å²) in [6, 6.07) is 16.4. The van der Waals surface area contributed by atoms with Gasteiger partial charge in [0.25, 0.3) is 0 Å². The molecular formula is C25H27N5OS. The molecule has 0 bridgehead atoms. The number of hydrogen-bond donors (Lipinski definition) is 2. The molecule has 0 spiro atoms. The van der Waals surface area contributed by atoms with Gasteiger partial charge in [-0.25, -0.2) is 10.4 Å².